The van der Waals surface area contributed by atoms with Crippen LogP contribution in [0.25, 0.3) is 23.1 Å². The number of fused-ring (bicyclic) bond motifs is 1. The molecule has 0 radical (unpaired) electrons. The number of H-pyrrole nitrogens is 1. The van der Waals surface area contributed by atoms with Gasteiger partial charge in [-0.3, -0.25) is 14.9 Å². The van der Waals surface area contributed by atoms with Crippen LogP contribution in [-0.4, -0.2) is 27.3 Å². The fourth-order valence-corrected chi connectivity index (χ4v) is 5.19. The molecular weight excluding hydrogens is 472 g/mol. The molecule has 0 spiro atoms. The van der Waals surface area contributed by atoms with E-state index in [4.69, 9.17) is 0 Å². The van der Waals surface area contributed by atoms with Crippen molar-refractivity contribution in [2.75, 3.05) is 11.6 Å². The molecule has 5 aromatic rings. The van der Waals surface area contributed by atoms with Gasteiger partial charge in [-0.25, -0.2) is 0 Å². The predicted octanol–water partition coefficient (Wildman–Crippen LogP) is 7.25. The zero-order chi connectivity index (χ0) is 24.0. The van der Waals surface area contributed by atoms with Crippen LogP contribution in [0, 0.1) is 0 Å². The van der Waals surface area contributed by atoms with Crippen LogP contribution < -0.4 is 5.32 Å². The van der Waals surface area contributed by atoms with Crippen molar-refractivity contribution < 1.29 is 4.79 Å². The van der Waals surface area contributed by atoms with Gasteiger partial charge in [0.1, 0.15) is 0 Å². The second kappa shape index (κ2) is 10.6. The summed E-state index contributed by atoms with van der Waals surface area (Å²) < 4.78 is 0. The number of pyridine rings is 1. The molecule has 0 saturated heterocycles. The standard InChI is InChI=1S/C28H22N4OS2/c1-34-27-12-5-3-10-24(27)30-28(33)22-9-2-4-11-26(22)35-20-14-15-21-23(31-32-25(21)18-20)16-13-19-8-6-7-17-29-19/h2-18H,1H3,(H,30,33)(H,31,32)/b16-13+. The third-order valence-electron chi connectivity index (χ3n) is 5.38. The molecule has 0 atom stereocenters. The van der Waals surface area contributed by atoms with Crippen LogP contribution in [0.4, 0.5) is 5.69 Å². The van der Waals surface area contributed by atoms with Crippen molar-refractivity contribution >= 4 is 58.2 Å². The number of para-hydroxylation sites is 1. The van der Waals surface area contributed by atoms with E-state index >= 15 is 0 Å². The van der Waals surface area contributed by atoms with Crippen molar-refractivity contribution in [3.8, 4) is 0 Å². The van der Waals surface area contributed by atoms with Crippen LogP contribution in [0.1, 0.15) is 21.7 Å². The first kappa shape index (κ1) is 23.0. The molecule has 0 aliphatic heterocycles. The Bertz CT molecular complexity index is 1510. The third-order valence-corrected chi connectivity index (χ3v) is 7.24. The lowest BCUT2D eigenvalue weighted by atomic mass is 10.2. The normalized spacial score (nSPS) is 11.2. The number of hydrogen-bond acceptors (Lipinski definition) is 5. The fourth-order valence-electron chi connectivity index (χ4n) is 3.66. The second-order valence-electron chi connectivity index (χ2n) is 7.66. The number of benzene rings is 3. The molecule has 2 N–H and O–H groups in total. The number of thioether (sulfide) groups is 1. The molecular formula is C28H22N4OS2. The smallest absolute Gasteiger partial charge is 0.256 e. The van der Waals surface area contributed by atoms with Crippen LogP contribution in [0.3, 0.4) is 0 Å². The molecule has 5 nitrogen and oxygen atoms in total. The number of carbonyl (C=O) groups is 1. The van der Waals surface area contributed by atoms with Gasteiger partial charge >= 0.3 is 0 Å². The summed E-state index contributed by atoms with van der Waals surface area (Å²) in [5.74, 6) is -0.126. The van der Waals surface area contributed by atoms with Crippen LogP contribution in [0.5, 0.6) is 0 Å². The Balaban J connectivity index is 1.37. The Morgan fingerprint density at radius 2 is 1.71 bits per heavy atom. The van der Waals surface area contributed by atoms with Gasteiger partial charge in [0.2, 0.25) is 0 Å². The maximum Gasteiger partial charge on any atom is 0.256 e. The third kappa shape index (κ3) is 5.31. The summed E-state index contributed by atoms with van der Waals surface area (Å²) in [7, 11) is 0. The SMILES string of the molecule is CSc1ccccc1NC(=O)c1ccccc1Sc1ccc2c(/C=C/c3ccccn3)n[nH]c2c1. The predicted molar refractivity (Wildman–Crippen MR) is 146 cm³/mol. The van der Waals surface area contributed by atoms with Gasteiger partial charge in [-0.15, -0.1) is 11.8 Å². The lowest BCUT2D eigenvalue weighted by Gasteiger charge is -2.12. The van der Waals surface area contributed by atoms with Gasteiger partial charge in [-0.1, -0.05) is 42.1 Å². The minimum atomic E-state index is -0.126. The van der Waals surface area contributed by atoms with E-state index in [1.54, 1.807) is 29.7 Å². The van der Waals surface area contributed by atoms with E-state index in [0.717, 1.165) is 42.7 Å². The molecule has 2 heterocycles. The number of rotatable bonds is 7. The molecule has 0 fully saturated rings. The van der Waals surface area contributed by atoms with Gasteiger partial charge < -0.3 is 5.32 Å². The van der Waals surface area contributed by atoms with Gasteiger partial charge in [0.25, 0.3) is 5.91 Å². The molecule has 5 rings (SSSR count). The highest BCUT2D eigenvalue weighted by Crippen LogP contribution is 2.34. The zero-order valence-electron chi connectivity index (χ0n) is 18.9. The number of amides is 1. The van der Waals surface area contributed by atoms with E-state index in [-0.39, 0.29) is 5.91 Å². The zero-order valence-corrected chi connectivity index (χ0v) is 20.6. The van der Waals surface area contributed by atoms with Crippen molar-refractivity contribution in [1.29, 1.82) is 0 Å². The quantitative estimate of drug-likeness (QED) is 0.233. The van der Waals surface area contributed by atoms with E-state index in [2.05, 4.69) is 38.7 Å². The lowest BCUT2D eigenvalue weighted by Crippen LogP contribution is -2.13. The summed E-state index contributed by atoms with van der Waals surface area (Å²) >= 11 is 3.16. The fraction of sp³-hybridized carbons (Fsp3) is 0.0357. The Hall–Kier alpha value is -3.81. The van der Waals surface area contributed by atoms with Gasteiger partial charge in [-0.2, -0.15) is 5.10 Å². The second-order valence-corrected chi connectivity index (χ2v) is 9.62. The summed E-state index contributed by atoms with van der Waals surface area (Å²) in [6, 6.07) is 27.4. The Labute approximate surface area is 212 Å². The van der Waals surface area contributed by atoms with Crippen LogP contribution in [-0.2, 0) is 0 Å². The largest absolute Gasteiger partial charge is 0.321 e. The number of carbonyl (C=O) groups excluding carboxylic acids is 1. The highest BCUT2D eigenvalue weighted by atomic mass is 32.2. The summed E-state index contributed by atoms with van der Waals surface area (Å²) in [4.78, 5) is 20.4. The molecule has 0 bridgehead atoms. The highest BCUT2D eigenvalue weighted by Gasteiger charge is 2.14. The van der Waals surface area contributed by atoms with E-state index in [1.165, 1.54) is 0 Å². The van der Waals surface area contributed by atoms with E-state index in [0.29, 0.717) is 5.56 Å². The minimum absolute atomic E-state index is 0.126. The average Bonchev–Trinajstić information content (AvgIpc) is 3.31. The molecule has 35 heavy (non-hydrogen) atoms. The summed E-state index contributed by atoms with van der Waals surface area (Å²) in [5, 5.41) is 11.7. The maximum absolute atomic E-state index is 13.1. The first-order valence-corrected chi connectivity index (χ1v) is 13.0. The van der Waals surface area contributed by atoms with Crippen molar-refractivity contribution in [2.24, 2.45) is 0 Å². The molecule has 172 valence electrons. The van der Waals surface area contributed by atoms with Crippen LogP contribution in [0.2, 0.25) is 0 Å². The Kier molecular flexibility index (Phi) is 6.97. The number of nitrogens with zero attached hydrogens (tertiary/aromatic N) is 2. The Morgan fingerprint density at radius 1 is 0.914 bits per heavy atom. The van der Waals surface area contributed by atoms with Crippen molar-refractivity contribution in [1.82, 2.24) is 15.2 Å². The Morgan fingerprint density at radius 3 is 2.54 bits per heavy atom. The molecule has 3 aromatic carbocycles. The van der Waals surface area contributed by atoms with E-state index in [1.807, 2.05) is 85.1 Å². The van der Waals surface area contributed by atoms with Crippen LogP contribution in [0.15, 0.2) is 106 Å². The van der Waals surface area contributed by atoms with Crippen LogP contribution >= 0.6 is 23.5 Å². The highest BCUT2D eigenvalue weighted by molar-refractivity contribution is 7.99. The van der Waals surface area contributed by atoms with E-state index < -0.39 is 0 Å². The molecule has 1 amide bonds. The summed E-state index contributed by atoms with van der Waals surface area (Å²) in [6.07, 6.45) is 7.67. The number of nitrogens with one attached hydrogen (secondary N) is 2. The monoisotopic (exact) mass is 494 g/mol. The summed E-state index contributed by atoms with van der Waals surface area (Å²) in [5.41, 5.74) is 4.12. The first-order valence-electron chi connectivity index (χ1n) is 11.0. The minimum Gasteiger partial charge on any atom is -0.321 e. The molecule has 0 aliphatic carbocycles. The van der Waals surface area contributed by atoms with Crippen molar-refractivity contribution in [3.05, 3.63) is 108 Å². The molecule has 0 saturated carbocycles. The number of anilines is 1. The lowest BCUT2D eigenvalue weighted by molar-refractivity contribution is 0.102. The van der Waals surface area contributed by atoms with Crippen molar-refractivity contribution in [2.45, 2.75) is 14.7 Å². The molecule has 2 aromatic heterocycles. The number of hydrogen-bond donors (Lipinski definition) is 2. The molecule has 0 aliphatic rings. The van der Waals surface area contributed by atoms with E-state index in [9.17, 15) is 4.79 Å². The van der Waals surface area contributed by atoms with Gasteiger partial charge in [0.15, 0.2) is 0 Å². The average molecular weight is 495 g/mol. The molecule has 0 unspecified atom stereocenters. The summed E-state index contributed by atoms with van der Waals surface area (Å²) in [6.45, 7) is 0. The van der Waals surface area contributed by atoms with Gasteiger partial charge in [-0.05, 0) is 73.0 Å². The number of aromatic amines is 1. The first-order chi connectivity index (χ1) is 17.2. The maximum atomic E-state index is 13.1. The van der Waals surface area contributed by atoms with Gasteiger partial charge in [0, 0.05) is 26.3 Å². The topological polar surface area (TPSA) is 70.7 Å². The van der Waals surface area contributed by atoms with Gasteiger partial charge in [0.05, 0.1) is 28.2 Å². The van der Waals surface area contributed by atoms with Crippen molar-refractivity contribution in [3.63, 3.8) is 0 Å². The molecule has 7 heteroatoms. The number of aromatic nitrogens is 3.